The second kappa shape index (κ2) is 6.02. The van der Waals surface area contributed by atoms with Crippen LogP contribution in [0.4, 0.5) is 4.39 Å². The van der Waals surface area contributed by atoms with Crippen molar-refractivity contribution < 1.29 is 19.0 Å². The minimum atomic E-state index is -0.381. The van der Waals surface area contributed by atoms with Gasteiger partial charge in [-0.15, -0.1) is 0 Å². The molecule has 0 atom stereocenters. The number of ether oxygens (including phenoxy) is 1. The maximum Gasteiger partial charge on any atom is 0.185 e. The Morgan fingerprint density at radius 2 is 1.90 bits per heavy atom. The van der Waals surface area contributed by atoms with Gasteiger partial charge >= 0.3 is 0 Å². The lowest BCUT2D eigenvalue weighted by Gasteiger charge is -2.03. The summed E-state index contributed by atoms with van der Waals surface area (Å²) in [4.78, 5) is 11.9. The number of phenolic OH excluding ortho intramolecular Hbond substituents is 1. The molecule has 0 saturated heterocycles. The summed E-state index contributed by atoms with van der Waals surface area (Å²) in [6.45, 7) is 0. The third-order valence-corrected chi connectivity index (χ3v) is 2.76. The molecule has 0 spiro atoms. The van der Waals surface area contributed by atoms with Crippen LogP contribution in [0.2, 0.25) is 0 Å². The first-order valence-corrected chi connectivity index (χ1v) is 5.95. The molecule has 0 unspecified atom stereocenters. The van der Waals surface area contributed by atoms with Gasteiger partial charge in [-0.05, 0) is 48.0 Å². The zero-order chi connectivity index (χ0) is 14.5. The van der Waals surface area contributed by atoms with E-state index in [1.807, 2.05) is 0 Å². The molecule has 0 radical (unpaired) electrons. The van der Waals surface area contributed by atoms with E-state index in [0.29, 0.717) is 11.3 Å². The third kappa shape index (κ3) is 3.23. The largest absolute Gasteiger partial charge is 0.504 e. The number of phenols is 1. The summed E-state index contributed by atoms with van der Waals surface area (Å²) in [5.41, 5.74) is 1.13. The Hall–Kier alpha value is -2.62. The molecule has 102 valence electrons. The molecule has 0 aliphatic rings. The summed E-state index contributed by atoms with van der Waals surface area (Å²) in [6.07, 6.45) is 2.99. The van der Waals surface area contributed by atoms with Crippen molar-refractivity contribution in [2.24, 2.45) is 0 Å². The van der Waals surface area contributed by atoms with Gasteiger partial charge in [-0.3, -0.25) is 4.79 Å². The Labute approximate surface area is 115 Å². The van der Waals surface area contributed by atoms with E-state index in [1.54, 1.807) is 18.2 Å². The molecule has 0 fully saturated rings. The lowest BCUT2D eigenvalue weighted by Crippen LogP contribution is -1.93. The van der Waals surface area contributed by atoms with Crippen molar-refractivity contribution in [2.45, 2.75) is 0 Å². The molecular weight excluding hydrogens is 259 g/mol. The summed E-state index contributed by atoms with van der Waals surface area (Å²) in [7, 11) is 1.45. The molecule has 2 rings (SSSR count). The first kappa shape index (κ1) is 13.8. The zero-order valence-corrected chi connectivity index (χ0v) is 10.8. The summed E-state index contributed by atoms with van der Waals surface area (Å²) in [6, 6.07) is 10.1. The van der Waals surface area contributed by atoms with Crippen molar-refractivity contribution in [1.82, 2.24) is 0 Å². The summed E-state index contributed by atoms with van der Waals surface area (Å²) >= 11 is 0. The van der Waals surface area contributed by atoms with Gasteiger partial charge in [0.1, 0.15) is 5.82 Å². The molecule has 0 heterocycles. The maximum absolute atomic E-state index is 12.8. The molecule has 4 heteroatoms. The lowest BCUT2D eigenvalue weighted by molar-refractivity contribution is 0.104. The summed E-state index contributed by atoms with van der Waals surface area (Å²) < 4.78 is 17.7. The van der Waals surface area contributed by atoms with Crippen molar-refractivity contribution in [3.63, 3.8) is 0 Å². The highest BCUT2D eigenvalue weighted by molar-refractivity contribution is 6.06. The molecule has 0 saturated carbocycles. The van der Waals surface area contributed by atoms with Crippen molar-refractivity contribution in [3.05, 3.63) is 65.5 Å². The Kier molecular flexibility index (Phi) is 4.15. The second-order valence-corrected chi connectivity index (χ2v) is 4.14. The van der Waals surface area contributed by atoms with E-state index in [4.69, 9.17) is 4.74 Å². The van der Waals surface area contributed by atoms with Gasteiger partial charge in [0, 0.05) is 5.56 Å². The lowest BCUT2D eigenvalue weighted by atomic mass is 10.1. The zero-order valence-electron chi connectivity index (χ0n) is 10.8. The number of hydrogen-bond acceptors (Lipinski definition) is 3. The highest BCUT2D eigenvalue weighted by Crippen LogP contribution is 2.26. The number of aromatic hydroxyl groups is 1. The van der Waals surface area contributed by atoms with E-state index in [2.05, 4.69) is 0 Å². The Morgan fingerprint density at radius 1 is 1.20 bits per heavy atom. The number of methoxy groups -OCH3 is 1. The second-order valence-electron chi connectivity index (χ2n) is 4.14. The SMILES string of the molecule is COc1cc(/C=C/C(=O)c2ccc(F)cc2)ccc1O. The van der Waals surface area contributed by atoms with Gasteiger partial charge in [0.05, 0.1) is 7.11 Å². The molecule has 3 nitrogen and oxygen atoms in total. The van der Waals surface area contributed by atoms with Gasteiger partial charge in [-0.1, -0.05) is 12.1 Å². The Bertz CT molecular complexity index is 645. The fourth-order valence-electron chi connectivity index (χ4n) is 1.68. The quantitative estimate of drug-likeness (QED) is 0.685. The van der Waals surface area contributed by atoms with Crippen LogP contribution in [0.5, 0.6) is 11.5 Å². The van der Waals surface area contributed by atoms with E-state index in [9.17, 15) is 14.3 Å². The predicted octanol–water partition coefficient (Wildman–Crippen LogP) is 3.44. The average molecular weight is 272 g/mol. The summed E-state index contributed by atoms with van der Waals surface area (Å²) in [5, 5.41) is 9.46. The van der Waals surface area contributed by atoms with E-state index < -0.39 is 0 Å². The Morgan fingerprint density at radius 3 is 2.55 bits per heavy atom. The third-order valence-electron chi connectivity index (χ3n) is 2.76. The van der Waals surface area contributed by atoms with E-state index in [0.717, 1.165) is 5.56 Å². The molecule has 0 bridgehead atoms. The van der Waals surface area contributed by atoms with Crippen LogP contribution < -0.4 is 4.74 Å². The van der Waals surface area contributed by atoms with Gasteiger partial charge in [-0.2, -0.15) is 0 Å². The number of allylic oxidation sites excluding steroid dienone is 1. The van der Waals surface area contributed by atoms with Gasteiger partial charge < -0.3 is 9.84 Å². The van der Waals surface area contributed by atoms with Crippen molar-refractivity contribution >= 4 is 11.9 Å². The van der Waals surface area contributed by atoms with E-state index in [-0.39, 0.29) is 17.3 Å². The molecule has 0 aliphatic carbocycles. The molecular formula is C16H13FO3. The molecule has 0 aromatic heterocycles. The fraction of sp³-hybridized carbons (Fsp3) is 0.0625. The van der Waals surface area contributed by atoms with Gasteiger partial charge in [0.15, 0.2) is 17.3 Å². The number of hydrogen-bond donors (Lipinski definition) is 1. The molecule has 0 aliphatic heterocycles. The topological polar surface area (TPSA) is 46.5 Å². The number of carbonyl (C=O) groups is 1. The number of benzene rings is 2. The number of ketones is 1. The number of halogens is 1. The maximum atomic E-state index is 12.8. The van der Waals surface area contributed by atoms with Crippen LogP contribution >= 0.6 is 0 Å². The predicted molar refractivity (Wildman–Crippen MR) is 74.4 cm³/mol. The minimum Gasteiger partial charge on any atom is -0.504 e. The molecule has 2 aromatic rings. The molecule has 20 heavy (non-hydrogen) atoms. The molecule has 0 amide bonds. The van der Waals surface area contributed by atoms with Crippen LogP contribution in [-0.4, -0.2) is 18.0 Å². The van der Waals surface area contributed by atoms with Gasteiger partial charge in [0.25, 0.3) is 0 Å². The van der Waals surface area contributed by atoms with Crippen LogP contribution in [0.1, 0.15) is 15.9 Å². The first-order valence-electron chi connectivity index (χ1n) is 5.95. The van der Waals surface area contributed by atoms with Gasteiger partial charge in [0.2, 0.25) is 0 Å². The monoisotopic (exact) mass is 272 g/mol. The van der Waals surface area contributed by atoms with Crippen molar-refractivity contribution in [1.29, 1.82) is 0 Å². The van der Waals surface area contributed by atoms with Crippen LogP contribution in [0, 0.1) is 5.82 Å². The molecule has 1 N–H and O–H groups in total. The van der Waals surface area contributed by atoms with E-state index >= 15 is 0 Å². The standard InChI is InChI=1S/C16H13FO3/c1-20-16-10-11(3-9-15(16)19)2-8-14(18)12-4-6-13(17)7-5-12/h2-10,19H,1H3/b8-2+. The minimum absolute atomic E-state index is 0.0366. The average Bonchev–Trinajstić information content (AvgIpc) is 2.46. The van der Waals surface area contributed by atoms with Crippen LogP contribution in [0.15, 0.2) is 48.5 Å². The van der Waals surface area contributed by atoms with Crippen LogP contribution in [-0.2, 0) is 0 Å². The normalized spacial score (nSPS) is 10.7. The first-order chi connectivity index (χ1) is 9.60. The Balaban J connectivity index is 2.16. The van der Waals surface area contributed by atoms with Crippen molar-refractivity contribution in [2.75, 3.05) is 7.11 Å². The van der Waals surface area contributed by atoms with Crippen LogP contribution in [0.3, 0.4) is 0 Å². The smallest absolute Gasteiger partial charge is 0.185 e. The van der Waals surface area contributed by atoms with Crippen LogP contribution in [0.25, 0.3) is 6.08 Å². The summed E-state index contributed by atoms with van der Waals surface area (Å²) in [5.74, 6) is -0.235. The highest BCUT2D eigenvalue weighted by atomic mass is 19.1. The fourth-order valence-corrected chi connectivity index (χ4v) is 1.68. The van der Waals surface area contributed by atoms with Gasteiger partial charge in [-0.25, -0.2) is 4.39 Å². The highest BCUT2D eigenvalue weighted by Gasteiger charge is 2.03. The number of carbonyl (C=O) groups excluding carboxylic acids is 1. The molecule has 2 aromatic carbocycles. The number of rotatable bonds is 4. The van der Waals surface area contributed by atoms with E-state index in [1.165, 1.54) is 43.5 Å². The van der Waals surface area contributed by atoms with Crippen molar-refractivity contribution in [3.8, 4) is 11.5 Å².